The van der Waals surface area contributed by atoms with Crippen molar-refractivity contribution in [3.05, 3.63) is 29.2 Å². The van der Waals surface area contributed by atoms with Crippen LogP contribution in [0.2, 0.25) is 0 Å². The van der Waals surface area contributed by atoms with Crippen LogP contribution >= 0.6 is 0 Å². The highest BCUT2D eigenvalue weighted by Gasteiger charge is 2.34. The number of carbonyl (C=O) groups excluding carboxylic acids is 1. The third-order valence-corrected chi connectivity index (χ3v) is 3.64. The Balaban J connectivity index is 1.74. The van der Waals surface area contributed by atoms with Crippen LogP contribution in [-0.2, 0) is 11.2 Å². The van der Waals surface area contributed by atoms with E-state index in [-0.39, 0.29) is 12.0 Å². The van der Waals surface area contributed by atoms with E-state index in [4.69, 9.17) is 13.8 Å². The molecule has 2 aromatic heterocycles. The molecule has 3 heterocycles. The molecule has 0 aromatic carbocycles. The SMILES string of the molecule is CCCc1cc(C(=O)N2C[C@@H](C)O[C@@H](c3nc(C)no3)C2)no1. The van der Waals surface area contributed by atoms with E-state index in [0.29, 0.717) is 30.5 Å². The zero-order valence-corrected chi connectivity index (χ0v) is 13.5. The fourth-order valence-electron chi connectivity index (χ4n) is 2.64. The number of hydrogen-bond donors (Lipinski definition) is 0. The van der Waals surface area contributed by atoms with E-state index in [9.17, 15) is 4.79 Å². The molecule has 3 rings (SSSR count). The van der Waals surface area contributed by atoms with Gasteiger partial charge >= 0.3 is 0 Å². The average Bonchev–Trinajstić information content (AvgIpc) is 3.15. The fourth-order valence-corrected chi connectivity index (χ4v) is 2.64. The number of aryl methyl sites for hydroxylation is 2. The van der Waals surface area contributed by atoms with E-state index in [1.165, 1.54) is 0 Å². The van der Waals surface area contributed by atoms with E-state index in [2.05, 4.69) is 15.3 Å². The molecule has 0 saturated carbocycles. The van der Waals surface area contributed by atoms with Crippen LogP contribution in [0.15, 0.2) is 15.1 Å². The Morgan fingerprint density at radius 2 is 2.17 bits per heavy atom. The van der Waals surface area contributed by atoms with Crippen LogP contribution in [-0.4, -0.2) is 45.3 Å². The van der Waals surface area contributed by atoms with Gasteiger partial charge in [-0.3, -0.25) is 4.79 Å². The highest BCUT2D eigenvalue weighted by atomic mass is 16.5. The van der Waals surface area contributed by atoms with Crippen molar-refractivity contribution in [3.63, 3.8) is 0 Å². The van der Waals surface area contributed by atoms with Crippen molar-refractivity contribution in [1.82, 2.24) is 20.2 Å². The fraction of sp³-hybridized carbons (Fsp3) is 0.600. The largest absolute Gasteiger partial charge is 0.362 e. The number of amides is 1. The smallest absolute Gasteiger partial charge is 0.276 e. The van der Waals surface area contributed by atoms with Crippen LogP contribution < -0.4 is 0 Å². The van der Waals surface area contributed by atoms with Gasteiger partial charge in [0.25, 0.3) is 11.8 Å². The van der Waals surface area contributed by atoms with Crippen LogP contribution in [0.4, 0.5) is 0 Å². The minimum absolute atomic E-state index is 0.132. The molecular formula is C15H20N4O4. The van der Waals surface area contributed by atoms with E-state index in [0.717, 1.165) is 18.6 Å². The Kier molecular flexibility index (Phi) is 4.42. The van der Waals surface area contributed by atoms with Gasteiger partial charge in [0, 0.05) is 19.0 Å². The number of hydrogen-bond acceptors (Lipinski definition) is 7. The molecule has 1 saturated heterocycles. The molecule has 23 heavy (non-hydrogen) atoms. The van der Waals surface area contributed by atoms with Gasteiger partial charge in [0.15, 0.2) is 17.6 Å². The standard InChI is InChI=1S/C15H20N4O4/c1-4-5-11-6-12(18-22-11)15(20)19-7-9(2)21-13(8-19)14-16-10(3)17-23-14/h6,9,13H,4-5,7-8H2,1-3H3/t9-,13-/m1/s1. The lowest BCUT2D eigenvalue weighted by atomic mass is 10.2. The van der Waals surface area contributed by atoms with Crippen molar-refractivity contribution < 1.29 is 18.6 Å². The van der Waals surface area contributed by atoms with Gasteiger partial charge in [-0.15, -0.1) is 0 Å². The first kappa shape index (κ1) is 15.7. The Labute approximate surface area is 133 Å². The van der Waals surface area contributed by atoms with E-state index < -0.39 is 6.10 Å². The number of aromatic nitrogens is 3. The maximum absolute atomic E-state index is 12.6. The van der Waals surface area contributed by atoms with Gasteiger partial charge in [-0.1, -0.05) is 17.2 Å². The maximum Gasteiger partial charge on any atom is 0.276 e. The molecule has 0 spiro atoms. The molecular weight excluding hydrogens is 300 g/mol. The van der Waals surface area contributed by atoms with Gasteiger partial charge in [0.05, 0.1) is 12.6 Å². The van der Waals surface area contributed by atoms with Crippen molar-refractivity contribution >= 4 is 5.91 Å². The third-order valence-electron chi connectivity index (χ3n) is 3.64. The minimum atomic E-state index is -0.425. The summed E-state index contributed by atoms with van der Waals surface area (Å²) in [7, 11) is 0. The quantitative estimate of drug-likeness (QED) is 0.849. The summed E-state index contributed by atoms with van der Waals surface area (Å²) < 4.78 is 16.2. The summed E-state index contributed by atoms with van der Waals surface area (Å²) in [5.41, 5.74) is 0.322. The van der Waals surface area contributed by atoms with Crippen LogP contribution in [0, 0.1) is 6.92 Å². The Morgan fingerprint density at radius 3 is 2.87 bits per heavy atom. The van der Waals surface area contributed by atoms with E-state index in [1.54, 1.807) is 17.9 Å². The molecule has 0 bridgehead atoms. The molecule has 1 amide bonds. The molecule has 124 valence electrons. The Morgan fingerprint density at radius 1 is 1.35 bits per heavy atom. The normalized spacial score (nSPS) is 21.6. The zero-order chi connectivity index (χ0) is 16.4. The van der Waals surface area contributed by atoms with E-state index >= 15 is 0 Å². The summed E-state index contributed by atoms with van der Waals surface area (Å²) in [6, 6.07) is 1.71. The summed E-state index contributed by atoms with van der Waals surface area (Å²) in [6.45, 7) is 6.53. The third kappa shape index (κ3) is 3.42. The van der Waals surface area contributed by atoms with Gasteiger partial charge in [0.2, 0.25) is 0 Å². The number of rotatable bonds is 4. The summed E-state index contributed by atoms with van der Waals surface area (Å²) in [4.78, 5) is 18.5. The van der Waals surface area contributed by atoms with E-state index in [1.807, 2.05) is 13.8 Å². The Hall–Kier alpha value is -2.22. The number of nitrogens with zero attached hydrogens (tertiary/aromatic N) is 4. The number of carbonyl (C=O) groups is 1. The summed E-state index contributed by atoms with van der Waals surface area (Å²) in [5, 5.41) is 7.65. The number of ether oxygens (including phenoxy) is 1. The molecule has 8 nitrogen and oxygen atoms in total. The second kappa shape index (κ2) is 6.49. The van der Waals surface area contributed by atoms with Crippen molar-refractivity contribution in [2.24, 2.45) is 0 Å². The monoisotopic (exact) mass is 320 g/mol. The molecule has 2 atom stereocenters. The van der Waals surface area contributed by atoms with Crippen LogP contribution in [0.1, 0.15) is 54.3 Å². The first-order chi connectivity index (χ1) is 11.1. The number of morpholine rings is 1. The first-order valence-electron chi connectivity index (χ1n) is 7.77. The van der Waals surface area contributed by atoms with Gasteiger partial charge in [-0.2, -0.15) is 4.98 Å². The van der Waals surface area contributed by atoms with Crippen molar-refractivity contribution in [2.45, 2.75) is 45.8 Å². The lowest BCUT2D eigenvalue weighted by Gasteiger charge is -2.34. The van der Waals surface area contributed by atoms with Crippen molar-refractivity contribution in [1.29, 1.82) is 0 Å². The second-order valence-electron chi connectivity index (χ2n) is 5.75. The minimum Gasteiger partial charge on any atom is -0.362 e. The molecule has 1 aliphatic rings. The predicted molar refractivity (Wildman–Crippen MR) is 78.7 cm³/mol. The highest BCUT2D eigenvalue weighted by Crippen LogP contribution is 2.25. The molecule has 0 N–H and O–H groups in total. The second-order valence-corrected chi connectivity index (χ2v) is 5.75. The average molecular weight is 320 g/mol. The lowest BCUT2D eigenvalue weighted by Crippen LogP contribution is -2.46. The van der Waals surface area contributed by atoms with Crippen LogP contribution in [0.25, 0.3) is 0 Å². The maximum atomic E-state index is 12.6. The Bertz CT molecular complexity index is 681. The molecule has 2 aromatic rings. The van der Waals surface area contributed by atoms with Crippen LogP contribution in [0.5, 0.6) is 0 Å². The molecule has 0 unspecified atom stereocenters. The van der Waals surface area contributed by atoms with Gasteiger partial charge in [0.1, 0.15) is 5.76 Å². The first-order valence-corrected chi connectivity index (χ1v) is 7.77. The molecule has 0 radical (unpaired) electrons. The van der Waals surface area contributed by atoms with Crippen LogP contribution in [0.3, 0.4) is 0 Å². The summed E-state index contributed by atoms with van der Waals surface area (Å²) in [6.07, 6.45) is 1.15. The van der Waals surface area contributed by atoms with Gasteiger partial charge < -0.3 is 18.7 Å². The lowest BCUT2D eigenvalue weighted by molar-refractivity contribution is -0.0811. The van der Waals surface area contributed by atoms with Gasteiger partial charge in [-0.05, 0) is 20.3 Å². The zero-order valence-electron chi connectivity index (χ0n) is 13.5. The van der Waals surface area contributed by atoms with Crippen molar-refractivity contribution in [2.75, 3.05) is 13.1 Å². The molecule has 1 aliphatic heterocycles. The highest BCUT2D eigenvalue weighted by molar-refractivity contribution is 5.92. The van der Waals surface area contributed by atoms with Gasteiger partial charge in [-0.25, -0.2) is 0 Å². The molecule has 8 heteroatoms. The summed E-state index contributed by atoms with van der Waals surface area (Å²) >= 11 is 0. The topological polar surface area (TPSA) is 94.5 Å². The molecule has 1 fully saturated rings. The summed E-state index contributed by atoms with van der Waals surface area (Å²) in [5.74, 6) is 1.48. The van der Waals surface area contributed by atoms with Crippen molar-refractivity contribution in [3.8, 4) is 0 Å². The molecule has 0 aliphatic carbocycles. The predicted octanol–water partition coefficient (Wildman–Crippen LogP) is 1.92.